The molecule has 1 aromatic carbocycles. The molecule has 1 aromatic rings. The topological polar surface area (TPSA) is 61.8 Å². The molecule has 1 fully saturated rings. The average molecular weight is 233 g/mol. The molecule has 0 atom stereocenters. The number of oxime groups is 1. The van der Waals surface area contributed by atoms with Gasteiger partial charge in [-0.05, 0) is 38.5 Å². The molecule has 1 aliphatic rings. The lowest BCUT2D eigenvalue weighted by molar-refractivity contribution is 0.221. The monoisotopic (exact) mass is 233 g/mol. The first-order valence-electron chi connectivity index (χ1n) is 5.91. The SMILES string of the molecule is CN1CCC(/C(N)=N/O)(c2ccccc2)CC1. The molecule has 0 bridgehead atoms. The van der Waals surface area contributed by atoms with Gasteiger partial charge in [0.2, 0.25) is 0 Å². The van der Waals surface area contributed by atoms with Gasteiger partial charge >= 0.3 is 0 Å². The van der Waals surface area contributed by atoms with Gasteiger partial charge < -0.3 is 15.8 Å². The molecule has 4 heteroatoms. The molecule has 17 heavy (non-hydrogen) atoms. The predicted molar refractivity (Wildman–Crippen MR) is 68.3 cm³/mol. The maximum absolute atomic E-state index is 9.03. The van der Waals surface area contributed by atoms with E-state index in [9.17, 15) is 0 Å². The zero-order chi connectivity index (χ0) is 12.3. The highest BCUT2D eigenvalue weighted by Gasteiger charge is 2.39. The minimum absolute atomic E-state index is 0.303. The number of hydrogen-bond donors (Lipinski definition) is 2. The highest BCUT2D eigenvalue weighted by Crippen LogP contribution is 2.35. The summed E-state index contributed by atoms with van der Waals surface area (Å²) in [6.45, 7) is 1.93. The van der Waals surface area contributed by atoms with Crippen LogP contribution in [0.2, 0.25) is 0 Å². The summed E-state index contributed by atoms with van der Waals surface area (Å²) < 4.78 is 0. The Morgan fingerprint density at radius 3 is 2.41 bits per heavy atom. The first kappa shape index (κ1) is 11.9. The van der Waals surface area contributed by atoms with Gasteiger partial charge in [-0.1, -0.05) is 35.5 Å². The van der Waals surface area contributed by atoms with E-state index in [0.717, 1.165) is 31.5 Å². The predicted octanol–water partition coefficient (Wildman–Crippen LogP) is 1.40. The van der Waals surface area contributed by atoms with E-state index in [1.165, 1.54) is 0 Å². The summed E-state index contributed by atoms with van der Waals surface area (Å²) in [5, 5.41) is 12.3. The van der Waals surface area contributed by atoms with Crippen LogP contribution in [-0.4, -0.2) is 36.1 Å². The van der Waals surface area contributed by atoms with Crippen LogP contribution in [-0.2, 0) is 5.41 Å². The maximum atomic E-state index is 9.03. The van der Waals surface area contributed by atoms with Crippen LogP contribution in [0.25, 0.3) is 0 Å². The van der Waals surface area contributed by atoms with Crippen LogP contribution in [0.3, 0.4) is 0 Å². The normalized spacial score (nSPS) is 21.4. The summed E-state index contributed by atoms with van der Waals surface area (Å²) in [7, 11) is 2.10. The Bertz CT molecular complexity index is 394. The van der Waals surface area contributed by atoms with Gasteiger partial charge in [0.25, 0.3) is 0 Å². The van der Waals surface area contributed by atoms with Crippen molar-refractivity contribution in [1.82, 2.24) is 4.90 Å². The van der Waals surface area contributed by atoms with Gasteiger partial charge in [-0.3, -0.25) is 0 Å². The van der Waals surface area contributed by atoms with Crippen molar-refractivity contribution in [3.8, 4) is 0 Å². The Morgan fingerprint density at radius 2 is 1.88 bits per heavy atom. The third-order valence-electron chi connectivity index (χ3n) is 3.77. The number of benzene rings is 1. The number of hydrogen-bond acceptors (Lipinski definition) is 3. The van der Waals surface area contributed by atoms with Gasteiger partial charge in [-0.15, -0.1) is 0 Å². The third kappa shape index (κ3) is 2.13. The lowest BCUT2D eigenvalue weighted by Gasteiger charge is -2.40. The number of nitrogens with zero attached hydrogens (tertiary/aromatic N) is 2. The first-order chi connectivity index (χ1) is 8.19. The van der Waals surface area contributed by atoms with E-state index >= 15 is 0 Å². The highest BCUT2D eigenvalue weighted by atomic mass is 16.4. The van der Waals surface area contributed by atoms with E-state index in [2.05, 4.69) is 29.2 Å². The molecular weight excluding hydrogens is 214 g/mol. The summed E-state index contributed by atoms with van der Waals surface area (Å²) >= 11 is 0. The molecule has 2 rings (SSSR count). The molecule has 0 aromatic heterocycles. The Hall–Kier alpha value is -1.55. The smallest absolute Gasteiger partial charge is 0.149 e. The van der Waals surface area contributed by atoms with Crippen molar-refractivity contribution in [2.24, 2.45) is 10.9 Å². The number of rotatable bonds is 2. The molecule has 0 radical (unpaired) electrons. The van der Waals surface area contributed by atoms with Crippen molar-refractivity contribution in [3.05, 3.63) is 35.9 Å². The molecule has 1 aliphatic heterocycles. The summed E-state index contributed by atoms with van der Waals surface area (Å²) in [6.07, 6.45) is 1.78. The highest BCUT2D eigenvalue weighted by molar-refractivity contribution is 5.91. The Balaban J connectivity index is 2.38. The molecule has 0 amide bonds. The second kappa shape index (κ2) is 4.75. The second-order valence-corrected chi connectivity index (χ2v) is 4.74. The van der Waals surface area contributed by atoms with Crippen LogP contribution in [0, 0.1) is 0 Å². The zero-order valence-electron chi connectivity index (χ0n) is 10.1. The van der Waals surface area contributed by atoms with Gasteiger partial charge in [0.15, 0.2) is 0 Å². The number of likely N-dealkylation sites (tertiary alicyclic amines) is 1. The van der Waals surface area contributed by atoms with E-state index in [4.69, 9.17) is 10.9 Å². The van der Waals surface area contributed by atoms with Crippen molar-refractivity contribution < 1.29 is 5.21 Å². The van der Waals surface area contributed by atoms with Crippen molar-refractivity contribution in [3.63, 3.8) is 0 Å². The fourth-order valence-electron chi connectivity index (χ4n) is 2.55. The van der Waals surface area contributed by atoms with Crippen molar-refractivity contribution in [2.75, 3.05) is 20.1 Å². The summed E-state index contributed by atoms with van der Waals surface area (Å²) in [4.78, 5) is 2.27. The van der Waals surface area contributed by atoms with Crippen LogP contribution >= 0.6 is 0 Å². The van der Waals surface area contributed by atoms with Crippen LogP contribution in [0.5, 0.6) is 0 Å². The fraction of sp³-hybridized carbons (Fsp3) is 0.462. The zero-order valence-corrected chi connectivity index (χ0v) is 10.1. The number of nitrogens with two attached hydrogens (primary N) is 1. The van der Waals surface area contributed by atoms with Crippen LogP contribution in [0.1, 0.15) is 18.4 Å². The van der Waals surface area contributed by atoms with E-state index in [1.54, 1.807) is 0 Å². The first-order valence-corrected chi connectivity index (χ1v) is 5.91. The lowest BCUT2D eigenvalue weighted by Crippen LogP contribution is -2.49. The Kier molecular flexibility index (Phi) is 3.33. The Morgan fingerprint density at radius 1 is 1.29 bits per heavy atom. The molecule has 0 saturated carbocycles. The van der Waals surface area contributed by atoms with Gasteiger partial charge in [-0.25, -0.2) is 0 Å². The summed E-state index contributed by atoms with van der Waals surface area (Å²) in [5.41, 5.74) is 6.78. The van der Waals surface area contributed by atoms with Gasteiger partial charge in [-0.2, -0.15) is 0 Å². The maximum Gasteiger partial charge on any atom is 0.149 e. The third-order valence-corrected chi connectivity index (χ3v) is 3.77. The van der Waals surface area contributed by atoms with E-state index in [1.807, 2.05) is 18.2 Å². The Labute approximate surface area is 102 Å². The second-order valence-electron chi connectivity index (χ2n) is 4.74. The largest absolute Gasteiger partial charge is 0.409 e. The quantitative estimate of drug-likeness (QED) is 0.351. The number of amidine groups is 1. The fourth-order valence-corrected chi connectivity index (χ4v) is 2.55. The van der Waals surface area contributed by atoms with Crippen molar-refractivity contribution in [1.29, 1.82) is 0 Å². The molecule has 0 unspecified atom stereocenters. The average Bonchev–Trinajstić information content (AvgIpc) is 2.40. The van der Waals surface area contributed by atoms with E-state index < -0.39 is 0 Å². The van der Waals surface area contributed by atoms with Gasteiger partial charge in [0.05, 0.1) is 5.41 Å². The van der Waals surface area contributed by atoms with Crippen molar-refractivity contribution >= 4 is 5.84 Å². The minimum atomic E-state index is -0.303. The number of piperidine rings is 1. The molecular formula is C13H19N3O. The molecule has 1 heterocycles. The van der Waals surface area contributed by atoms with Crippen LogP contribution in [0.15, 0.2) is 35.5 Å². The van der Waals surface area contributed by atoms with E-state index in [0.29, 0.717) is 5.84 Å². The summed E-state index contributed by atoms with van der Waals surface area (Å²) in [6, 6.07) is 10.1. The molecule has 4 nitrogen and oxygen atoms in total. The molecule has 92 valence electrons. The molecule has 0 spiro atoms. The van der Waals surface area contributed by atoms with Crippen LogP contribution in [0.4, 0.5) is 0 Å². The van der Waals surface area contributed by atoms with Gasteiger partial charge in [0.1, 0.15) is 5.84 Å². The molecule has 1 saturated heterocycles. The van der Waals surface area contributed by atoms with Gasteiger partial charge in [0, 0.05) is 0 Å². The van der Waals surface area contributed by atoms with E-state index in [-0.39, 0.29) is 5.41 Å². The van der Waals surface area contributed by atoms with Crippen LogP contribution < -0.4 is 5.73 Å². The minimum Gasteiger partial charge on any atom is -0.409 e. The summed E-state index contributed by atoms with van der Waals surface area (Å²) in [5.74, 6) is 0.330. The standard InChI is InChI=1S/C13H19N3O/c1-16-9-7-13(8-10-16,12(14)15-17)11-5-3-2-4-6-11/h2-6,17H,7-10H2,1H3,(H2,14,15). The van der Waals surface area contributed by atoms with Crippen molar-refractivity contribution in [2.45, 2.75) is 18.3 Å². The molecule has 0 aliphatic carbocycles. The lowest BCUT2D eigenvalue weighted by atomic mass is 9.72. The molecule has 3 N–H and O–H groups in total.